The molecule has 1 aromatic heterocycles. The fourth-order valence-electron chi connectivity index (χ4n) is 2.58. The summed E-state index contributed by atoms with van der Waals surface area (Å²) in [5.74, 6) is 4.63. The van der Waals surface area contributed by atoms with Gasteiger partial charge in [-0.2, -0.15) is 4.98 Å². The van der Waals surface area contributed by atoms with Gasteiger partial charge in [-0.15, -0.1) is 5.92 Å². The third-order valence-corrected chi connectivity index (χ3v) is 3.58. The molecule has 1 saturated heterocycles. The number of nitrogens with zero attached hydrogens (tertiary/aromatic N) is 2. The topological polar surface area (TPSA) is 111 Å². The molecule has 0 bridgehead atoms. The van der Waals surface area contributed by atoms with Crippen molar-refractivity contribution >= 4 is 5.82 Å². The van der Waals surface area contributed by atoms with Crippen LogP contribution in [0.5, 0.6) is 0 Å². The molecule has 1 unspecified atom stereocenters. The Bertz CT molecular complexity index is 694. The van der Waals surface area contributed by atoms with E-state index in [-0.39, 0.29) is 5.82 Å². The Morgan fingerprint density at radius 2 is 2.27 bits per heavy atom. The number of nitrogen functional groups attached to an aromatic ring is 1. The van der Waals surface area contributed by atoms with Crippen LogP contribution < -0.4 is 11.4 Å². The molecular weight excluding hydrogens is 293 g/mol. The molecule has 120 valence electrons. The van der Waals surface area contributed by atoms with Gasteiger partial charge in [-0.3, -0.25) is 4.57 Å². The van der Waals surface area contributed by atoms with Crippen LogP contribution >= 0.6 is 0 Å². The highest BCUT2D eigenvalue weighted by Crippen LogP contribution is 2.42. The Morgan fingerprint density at radius 3 is 2.77 bits per heavy atom. The number of halogens is 1. The van der Waals surface area contributed by atoms with Gasteiger partial charge in [0.05, 0.1) is 6.10 Å². The maximum Gasteiger partial charge on any atom is 0.351 e. The lowest BCUT2D eigenvalue weighted by atomic mass is 9.94. The zero-order valence-corrected chi connectivity index (χ0v) is 12.4. The average Bonchev–Trinajstić information content (AvgIpc) is 2.63. The van der Waals surface area contributed by atoms with E-state index in [2.05, 4.69) is 16.8 Å². The molecule has 5 atom stereocenters. The van der Waals surface area contributed by atoms with Crippen LogP contribution in [0.3, 0.4) is 0 Å². The summed E-state index contributed by atoms with van der Waals surface area (Å²) in [5, 5.41) is 19.8. The summed E-state index contributed by atoms with van der Waals surface area (Å²) in [6, 6.07) is 1.38. The number of aryl methyl sites for hydroxylation is 1. The Kier molecular flexibility index (Phi) is 4.24. The van der Waals surface area contributed by atoms with E-state index >= 15 is 4.39 Å². The van der Waals surface area contributed by atoms with Crippen LogP contribution in [0.4, 0.5) is 10.2 Å². The summed E-state index contributed by atoms with van der Waals surface area (Å²) in [6.07, 6.45) is -5.62. The van der Waals surface area contributed by atoms with Crippen molar-refractivity contribution in [2.45, 2.75) is 51.0 Å². The molecule has 7 nitrogen and oxygen atoms in total. The molecular formula is C14H18FN3O4. The highest BCUT2D eigenvalue weighted by atomic mass is 19.1. The van der Waals surface area contributed by atoms with Crippen LogP contribution in [0.15, 0.2) is 10.9 Å². The van der Waals surface area contributed by atoms with E-state index in [1.165, 1.54) is 26.8 Å². The van der Waals surface area contributed by atoms with Gasteiger partial charge in [0.1, 0.15) is 18.0 Å². The summed E-state index contributed by atoms with van der Waals surface area (Å²) in [5.41, 5.74) is 2.41. The molecule has 1 aliphatic heterocycles. The number of hydrogen-bond acceptors (Lipinski definition) is 6. The smallest absolute Gasteiger partial charge is 0.351 e. The molecule has 0 spiro atoms. The van der Waals surface area contributed by atoms with E-state index < -0.39 is 35.9 Å². The number of aromatic nitrogens is 2. The Morgan fingerprint density at radius 1 is 1.64 bits per heavy atom. The first-order chi connectivity index (χ1) is 10.2. The lowest BCUT2D eigenvalue weighted by Gasteiger charge is -2.25. The summed E-state index contributed by atoms with van der Waals surface area (Å²) in [4.78, 5) is 15.6. The number of alkyl halides is 1. The second-order valence-corrected chi connectivity index (χ2v) is 5.26. The van der Waals surface area contributed by atoms with Crippen molar-refractivity contribution < 1.29 is 19.3 Å². The fourth-order valence-corrected chi connectivity index (χ4v) is 2.58. The first kappa shape index (κ1) is 16.4. The molecule has 0 aromatic carbocycles. The number of hydrogen-bond donors (Lipinski definition) is 3. The number of aliphatic hydroxyl groups is 2. The predicted molar refractivity (Wildman–Crippen MR) is 76.5 cm³/mol. The van der Waals surface area contributed by atoms with Crippen LogP contribution in [-0.2, 0) is 4.74 Å². The number of anilines is 1. The van der Waals surface area contributed by atoms with E-state index in [0.717, 1.165) is 4.57 Å². The van der Waals surface area contributed by atoms with E-state index in [1.807, 2.05) is 0 Å². The van der Waals surface area contributed by atoms with Gasteiger partial charge in [0.15, 0.2) is 6.23 Å². The lowest BCUT2D eigenvalue weighted by molar-refractivity contribution is -0.0808. The van der Waals surface area contributed by atoms with Gasteiger partial charge in [0.2, 0.25) is 5.67 Å². The molecule has 2 heterocycles. The standard InChI is InChI=1S/C14H18FN3O4/c1-4-5-14(15)11(20)10(8(3)19)22-12(14)18-7(2)6-9(16)17-13(18)21/h6,8,10-12,19-20H,1-3H3,(H2,16,17,21)/t8-,10-,11?,12-,14-/m1/s1. The van der Waals surface area contributed by atoms with E-state index in [0.29, 0.717) is 5.69 Å². The first-order valence-electron chi connectivity index (χ1n) is 6.72. The Labute approximate surface area is 126 Å². The summed E-state index contributed by atoms with van der Waals surface area (Å²) >= 11 is 0. The number of rotatable bonds is 2. The molecule has 2 rings (SSSR count). The van der Waals surface area contributed by atoms with Crippen LogP contribution in [0, 0.1) is 18.8 Å². The van der Waals surface area contributed by atoms with Gasteiger partial charge in [0, 0.05) is 5.69 Å². The SMILES string of the molecule is CC#C[C@@]1(F)C(O)[C@@H]([C@@H](C)O)O[C@H]1n1c(C)cc(N)nc1=O. The van der Waals surface area contributed by atoms with Crippen LogP contribution in [-0.4, -0.2) is 43.7 Å². The molecule has 0 radical (unpaired) electrons. The van der Waals surface area contributed by atoms with Crippen molar-refractivity contribution in [1.29, 1.82) is 0 Å². The van der Waals surface area contributed by atoms with Crippen molar-refractivity contribution in [2.24, 2.45) is 0 Å². The molecule has 22 heavy (non-hydrogen) atoms. The van der Waals surface area contributed by atoms with Crippen molar-refractivity contribution in [3.05, 3.63) is 22.2 Å². The molecule has 0 aliphatic carbocycles. The average molecular weight is 311 g/mol. The molecule has 4 N–H and O–H groups in total. The van der Waals surface area contributed by atoms with Gasteiger partial charge in [-0.25, -0.2) is 9.18 Å². The van der Waals surface area contributed by atoms with Crippen molar-refractivity contribution in [1.82, 2.24) is 9.55 Å². The van der Waals surface area contributed by atoms with Crippen molar-refractivity contribution in [3.8, 4) is 11.8 Å². The molecule has 1 aromatic rings. The zero-order valence-electron chi connectivity index (χ0n) is 12.4. The third-order valence-electron chi connectivity index (χ3n) is 3.58. The highest BCUT2D eigenvalue weighted by Gasteiger charge is 2.59. The fraction of sp³-hybridized carbons (Fsp3) is 0.571. The maximum absolute atomic E-state index is 15.2. The van der Waals surface area contributed by atoms with Crippen molar-refractivity contribution in [2.75, 3.05) is 5.73 Å². The van der Waals surface area contributed by atoms with E-state index in [9.17, 15) is 15.0 Å². The minimum Gasteiger partial charge on any atom is -0.391 e. The molecule has 0 amide bonds. The van der Waals surface area contributed by atoms with Gasteiger partial charge >= 0.3 is 5.69 Å². The third kappa shape index (κ3) is 2.47. The predicted octanol–water partition coefficient (Wildman–Crippen LogP) is -0.495. The summed E-state index contributed by atoms with van der Waals surface area (Å²) in [7, 11) is 0. The molecule has 1 fully saturated rings. The second kappa shape index (κ2) is 5.68. The van der Waals surface area contributed by atoms with E-state index in [4.69, 9.17) is 10.5 Å². The van der Waals surface area contributed by atoms with Gasteiger partial charge in [-0.1, -0.05) is 5.92 Å². The first-order valence-corrected chi connectivity index (χ1v) is 6.72. The quantitative estimate of drug-likeness (QED) is 0.635. The van der Waals surface area contributed by atoms with E-state index in [1.54, 1.807) is 0 Å². The minimum absolute atomic E-state index is 0.00425. The number of nitrogens with two attached hydrogens (primary N) is 1. The Hall–Kier alpha value is -1.95. The Balaban J connectivity index is 2.62. The van der Waals surface area contributed by atoms with Crippen molar-refractivity contribution in [3.63, 3.8) is 0 Å². The number of ether oxygens (including phenoxy) is 1. The zero-order chi connectivity index (χ0) is 16.7. The monoisotopic (exact) mass is 311 g/mol. The normalized spacial score (nSPS) is 32.4. The summed E-state index contributed by atoms with van der Waals surface area (Å²) in [6.45, 7) is 4.29. The summed E-state index contributed by atoms with van der Waals surface area (Å²) < 4.78 is 21.6. The van der Waals surface area contributed by atoms with Gasteiger partial charge < -0.3 is 20.7 Å². The molecule has 8 heteroatoms. The minimum atomic E-state index is -2.55. The van der Waals surface area contributed by atoms with Crippen LogP contribution in [0.2, 0.25) is 0 Å². The maximum atomic E-state index is 15.2. The lowest BCUT2D eigenvalue weighted by Crippen LogP contribution is -2.46. The molecule has 0 saturated carbocycles. The van der Waals surface area contributed by atoms with Gasteiger partial charge in [0.25, 0.3) is 0 Å². The number of aliphatic hydroxyl groups excluding tert-OH is 2. The van der Waals surface area contributed by atoms with Gasteiger partial charge in [-0.05, 0) is 26.8 Å². The van der Waals surface area contributed by atoms with Crippen LogP contribution in [0.1, 0.15) is 25.8 Å². The molecule has 1 aliphatic rings. The van der Waals surface area contributed by atoms with Crippen LogP contribution in [0.25, 0.3) is 0 Å². The largest absolute Gasteiger partial charge is 0.391 e. The second-order valence-electron chi connectivity index (χ2n) is 5.26. The highest BCUT2D eigenvalue weighted by molar-refractivity contribution is 5.30.